The van der Waals surface area contributed by atoms with E-state index >= 15 is 0 Å². The van der Waals surface area contributed by atoms with Gasteiger partial charge in [0.1, 0.15) is 5.82 Å². The SMILES string of the molecule is NCc1ccc(Nc2ncc(C(F)(F)F)cc2Cl)cc1. The van der Waals surface area contributed by atoms with E-state index in [1.165, 1.54) is 0 Å². The van der Waals surface area contributed by atoms with Gasteiger partial charge in [-0.05, 0) is 23.8 Å². The van der Waals surface area contributed by atoms with E-state index in [2.05, 4.69) is 10.3 Å². The summed E-state index contributed by atoms with van der Waals surface area (Å²) >= 11 is 5.80. The Kier molecular flexibility index (Phi) is 4.15. The molecule has 1 aromatic carbocycles. The molecule has 0 unspecified atom stereocenters. The minimum absolute atomic E-state index is 0.0947. The molecule has 0 atom stereocenters. The summed E-state index contributed by atoms with van der Waals surface area (Å²) in [5, 5.41) is 2.76. The van der Waals surface area contributed by atoms with Gasteiger partial charge in [-0.2, -0.15) is 13.2 Å². The topological polar surface area (TPSA) is 50.9 Å². The molecule has 1 aromatic heterocycles. The zero-order chi connectivity index (χ0) is 14.8. The van der Waals surface area contributed by atoms with Crippen LogP contribution in [0.3, 0.4) is 0 Å². The molecule has 0 aliphatic heterocycles. The maximum absolute atomic E-state index is 12.5. The Morgan fingerprint density at radius 2 is 1.85 bits per heavy atom. The van der Waals surface area contributed by atoms with E-state index in [-0.39, 0.29) is 10.8 Å². The zero-order valence-corrected chi connectivity index (χ0v) is 11.0. The Labute approximate surface area is 118 Å². The molecule has 3 nitrogen and oxygen atoms in total. The number of nitrogens with zero attached hydrogens (tertiary/aromatic N) is 1. The molecule has 2 rings (SSSR count). The van der Waals surface area contributed by atoms with Crippen molar-refractivity contribution in [2.45, 2.75) is 12.7 Å². The second kappa shape index (κ2) is 5.68. The molecule has 106 valence electrons. The number of aromatic nitrogens is 1. The lowest BCUT2D eigenvalue weighted by molar-refractivity contribution is -0.137. The van der Waals surface area contributed by atoms with Crippen LogP contribution >= 0.6 is 11.6 Å². The van der Waals surface area contributed by atoms with Gasteiger partial charge >= 0.3 is 6.18 Å². The Hall–Kier alpha value is -1.79. The van der Waals surface area contributed by atoms with Crippen molar-refractivity contribution in [3.05, 3.63) is 52.7 Å². The molecular formula is C13H11ClF3N3. The minimum Gasteiger partial charge on any atom is -0.339 e. The van der Waals surface area contributed by atoms with Crippen molar-refractivity contribution in [2.75, 3.05) is 5.32 Å². The molecule has 3 N–H and O–H groups in total. The van der Waals surface area contributed by atoms with Crippen molar-refractivity contribution in [2.24, 2.45) is 5.73 Å². The molecular weight excluding hydrogens is 291 g/mol. The van der Waals surface area contributed by atoms with Crippen molar-refractivity contribution in [1.29, 1.82) is 0 Å². The second-order valence-electron chi connectivity index (χ2n) is 4.08. The van der Waals surface area contributed by atoms with Crippen molar-refractivity contribution < 1.29 is 13.2 Å². The number of alkyl halides is 3. The fourth-order valence-electron chi connectivity index (χ4n) is 1.55. The number of benzene rings is 1. The highest BCUT2D eigenvalue weighted by Crippen LogP contribution is 2.33. The van der Waals surface area contributed by atoms with Crippen LogP contribution in [0.5, 0.6) is 0 Å². The van der Waals surface area contributed by atoms with Gasteiger partial charge in [-0.25, -0.2) is 4.98 Å². The number of pyridine rings is 1. The maximum atomic E-state index is 12.5. The Morgan fingerprint density at radius 3 is 2.35 bits per heavy atom. The number of nitrogens with two attached hydrogens (primary N) is 1. The number of hydrogen-bond acceptors (Lipinski definition) is 3. The number of nitrogens with one attached hydrogen (secondary N) is 1. The average molecular weight is 302 g/mol. The standard InChI is InChI=1S/C13H11ClF3N3/c14-11-5-9(13(15,16)17)7-19-12(11)20-10-3-1-8(6-18)2-4-10/h1-5,7H,6,18H2,(H,19,20). The maximum Gasteiger partial charge on any atom is 0.417 e. The first-order valence-electron chi connectivity index (χ1n) is 5.69. The summed E-state index contributed by atoms with van der Waals surface area (Å²) in [5.74, 6) is 0.167. The smallest absolute Gasteiger partial charge is 0.339 e. The van der Waals surface area contributed by atoms with Crippen molar-refractivity contribution in [3.63, 3.8) is 0 Å². The summed E-state index contributed by atoms with van der Waals surface area (Å²) in [6.07, 6.45) is -3.72. The molecule has 0 spiro atoms. The highest BCUT2D eigenvalue weighted by atomic mass is 35.5. The number of rotatable bonds is 3. The van der Waals surface area contributed by atoms with Crippen LogP contribution in [0.15, 0.2) is 36.5 Å². The lowest BCUT2D eigenvalue weighted by Crippen LogP contribution is -2.06. The third-order valence-corrected chi connectivity index (χ3v) is 2.91. The summed E-state index contributed by atoms with van der Waals surface area (Å²) in [7, 11) is 0. The van der Waals surface area contributed by atoms with E-state index in [4.69, 9.17) is 17.3 Å². The molecule has 0 bridgehead atoms. The molecule has 0 saturated heterocycles. The van der Waals surface area contributed by atoms with Gasteiger partial charge in [0, 0.05) is 18.4 Å². The van der Waals surface area contributed by atoms with Gasteiger partial charge < -0.3 is 11.1 Å². The molecule has 0 aliphatic rings. The molecule has 20 heavy (non-hydrogen) atoms. The van der Waals surface area contributed by atoms with Crippen LogP contribution in [-0.2, 0) is 12.7 Å². The van der Waals surface area contributed by atoms with E-state index in [0.29, 0.717) is 12.2 Å². The average Bonchev–Trinajstić information content (AvgIpc) is 2.41. The Balaban J connectivity index is 2.21. The number of hydrogen-bond donors (Lipinski definition) is 2. The highest BCUT2D eigenvalue weighted by Gasteiger charge is 2.31. The van der Waals surface area contributed by atoms with Crippen LogP contribution < -0.4 is 11.1 Å². The van der Waals surface area contributed by atoms with Crippen LogP contribution in [0.4, 0.5) is 24.7 Å². The van der Waals surface area contributed by atoms with Crippen LogP contribution in [0.2, 0.25) is 5.02 Å². The predicted octanol–water partition coefficient (Wildman–Crippen LogP) is 3.96. The molecule has 0 radical (unpaired) electrons. The molecule has 0 amide bonds. The zero-order valence-electron chi connectivity index (χ0n) is 10.2. The lowest BCUT2D eigenvalue weighted by atomic mass is 10.2. The first-order valence-corrected chi connectivity index (χ1v) is 6.06. The predicted molar refractivity (Wildman–Crippen MR) is 71.9 cm³/mol. The molecule has 7 heteroatoms. The molecule has 1 heterocycles. The summed E-state index contributed by atoms with van der Waals surface area (Å²) < 4.78 is 37.4. The van der Waals surface area contributed by atoms with Crippen molar-refractivity contribution >= 4 is 23.1 Å². The lowest BCUT2D eigenvalue weighted by Gasteiger charge is -2.11. The van der Waals surface area contributed by atoms with E-state index < -0.39 is 11.7 Å². The van der Waals surface area contributed by atoms with Gasteiger partial charge in [0.25, 0.3) is 0 Å². The first-order chi connectivity index (χ1) is 9.40. The minimum atomic E-state index is -4.46. The molecule has 2 aromatic rings. The highest BCUT2D eigenvalue weighted by molar-refractivity contribution is 6.33. The van der Waals surface area contributed by atoms with Crippen molar-refractivity contribution in [1.82, 2.24) is 4.98 Å². The van der Waals surface area contributed by atoms with E-state index in [1.807, 2.05) is 0 Å². The van der Waals surface area contributed by atoms with E-state index in [9.17, 15) is 13.2 Å². The van der Waals surface area contributed by atoms with Gasteiger partial charge in [-0.3, -0.25) is 0 Å². The summed E-state index contributed by atoms with van der Waals surface area (Å²) in [4.78, 5) is 3.69. The third-order valence-electron chi connectivity index (χ3n) is 2.62. The van der Waals surface area contributed by atoms with Crippen LogP contribution in [0.25, 0.3) is 0 Å². The molecule has 0 aliphatic carbocycles. The third kappa shape index (κ3) is 3.40. The number of halogens is 4. The van der Waals surface area contributed by atoms with Gasteiger partial charge in [0.05, 0.1) is 10.6 Å². The number of anilines is 2. The van der Waals surface area contributed by atoms with Crippen LogP contribution in [-0.4, -0.2) is 4.98 Å². The van der Waals surface area contributed by atoms with Gasteiger partial charge in [0.15, 0.2) is 0 Å². The summed E-state index contributed by atoms with van der Waals surface area (Å²) in [6, 6.07) is 7.95. The van der Waals surface area contributed by atoms with Gasteiger partial charge in [-0.15, -0.1) is 0 Å². The second-order valence-corrected chi connectivity index (χ2v) is 4.49. The van der Waals surface area contributed by atoms with Gasteiger partial charge in [0.2, 0.25) is 0 Å². The van der Waals surface area contributed by atoms with Gasteiger partial charge in [-0.1, -0.05) is 23.7 Å². The van der Waals surface area contributed by atoms with Crippen molar-refractivity contribution in [3.8, 4) is 0 Å². The summed E-state index contributed by atoms with van der Waals surface area (Å²) in [6.45, 7) is 0.416. The fraction of sp³-hybridized carbons (Fsp3) is 0.154. The Bertz CT molecular complexity index is 597. The van der Waals surface area contributed by atoms with E-state index in [0.717, 1.165) is 17.8 Å². The Morgan fingerprint density at radius 1 is 1.20 bits per heavy atom. The largest absolute Gasteiger partial charge is 0.417 e. The van der Waals surface area contributed by atoms with E-state index in [1.54, 1.807) is 24.3 Å². The normalized spacial score (nSPS) is 11.4. The fourth-order valence-corrected chi connectivity index (χ4v) is 1.76. The van der Waals surface area contributed by atoms with Crippen LogP contribution in [0.1, 0.15) is 11.1 Å². The van der Waals surface area contributed by atoms with Crippen LogP contribution in [0, 0.1) is 0 Å². The summed E-state index contributed by atoms with van der Waals surface area (Å²) in [5.41, 5.74) is 6.20. The molecule has 0 fully saturated rings. The molecule has 0 saturated carbocycles. The first kappa shape index (κ1) is 14.6. The monoisotopic (exact) mass is 301 g/mol. The quantitative estimate of drug-likeness (QED) is 0.902.